The van der Waals surface area contributed by atoms with Gasteiger partial charge in [0.05, 0.1) is 0 Å². The lowest BCUT2D eigenvalue weighted by atomic mass is 10.0. The Morgan fingerprint density at radius 2 is 2.29 bits per heavy atom. The second-order valence-corrected chi connectivity index (χ2v) is 2.91. The first-order valence-electron chi connectivity index (χ1n) is 4.08. The summed E-state index contributed by atoms with van der Waals surface area (Å²) in [6.45, 7) is 9.15. The zero-order valence-corrected chi connectivity index (χ0v) is 7.95. The van der Waals surface area contributed by atoms with E-state index in [9.17, 15) is 4.79 Å². The lowest BCUT2D eigenvalue weighted by Crippen LogP contribution is -2.04. The Bertz CT molecular complexity index is 375. The maximum atomic E-state index is 10.8. The van der Waals surface area contributed by atoms with Crippen LogP contribution in [0, 0.1) is 0 Å². The standard InChI is InChI=1S/C11H11NO2/c1-4-8-9(7(2)3)5-6-12-10(8)11(13)14/h4-6H,1-2H2,3H3,(H,13,14). The van der Waals surface area contributed by atoms with Crippen LogP contribution in [0.25, 0.3) is 11.6 Å². The number of carboxylic acids is 1. The van der Waals surface area contributed by atoms with Gasteiger partial charge >= 0.3 is 5.97 Å². The summed E-state index contributed by atoms with van der Waals surface area (Å²) in [5.41, 5.74) is 2.10. The average Bonchev–Trinajstić information content (AvgIpc) is 2.16. The highest BCUT2D eigenvalue weighted by Gasteiger charge is 2.12. The predicted molar refractivity (Wildman–Crippen MR) is 56.0 cm³/mol. The molecule has 0 spiro atoms. The highest BCUT2D eigenvalue weighted by atomic mass is 16.4. The van der Waals surface area contributed by atoms with Crippen molar-refractivity contribution in [3.8, 4) is 0 Å². The lowest BCUT2D eigenvalue weighted by Gasteiger charge is -2.07. The quantitative estimate of drug-likeness (QED) is 0.794. The normalized spacial score (nSPS) is 9.50. The zero-order chi connectivity index (χ0) is 10.7. The van der Waals surface area contributed by atoms with Crippen molar-refractivity contribution in [2.45, 2.75) is 6.92 Å². The number of hydrogen-bond donors (Lipinski definition) is 1. The Hall–Kier alpha value is -1.90. The molecule has 14 heavy (non-hydrogen) atoms. The largest absolute Gasteiger partial charge is 0.476 e. The molecule has 1 rings (SSSR count). The fourth-order valence-corrected chi connectivity index (χ4v) is 1.22. The molecule has 0 radical (unpaired) electrons. The Morgan fingerprint density at radius 1 is 1.64 bits per heavy atom. The predicted octanol–water partition coefficient (Wildman–Crippen LogP) is 2.46. The van der Waals surface area contributed by atoms with Crippen LogP contribution in [0.1, 0.15) is 28.5 Å². The first-order valence-corrected chi connectivity index (χ1v) is 4.08. The molecule has 0 aromatic carbocycles. The third-order valence-electron chi connectivity index (χ3n) is 1.86. The van der Waals surface area contributed by atoms with Crippen LogP contribution >= 0.6 is 0 Å². The van der Waals surface area contributed by atoms with Crippen LogP contribution in [0.5, 0.6) is 0 Å². The summed E-state index contributed by atoms with van der Waals surface area (Å²) in [6.07, 6.45) is 2.95. The van der Waals surface area contributed by atoms with Gasteiger partial charge in [0.2, 0.25) is 0 Å². The topological polar surface area (TPSA) is 50.2 Å². The van der Waals surface area contributed by atoms with Crippen LogP contribution in [0.15, 0.2) is 25.4 Å². The summed E-state index contributed by atoms with van der Waals surface area (Å²) in [4.78, 5) is 14.6. The fourth-order valence-electron chi connectivity index (χ4n) is 1.22. The van der Waals surface area contributed by atoms with Crippen molar-refractivity contribution in [2.75, 3.05) is 0 Å². The van der Waals surface area contributed by atoms with E-state index in [-0.39, 0.29) is 5.69 Å². The number of hydrogen-bond acceptors (Lipinski definition) is 2. The number of pyridine rings is 1. The second kappa shape index (κ2) is 3.87. The van der Waals surface area contributed by atoms with Gasteiger partial charge in [-0.25, -0.2) is 9.78 Å². The molecule has 0 amide bonds. The minimum Gasteiger partial charge on any atom is -0.476 e. The summed E-state index contributed by atoms with van der Waals surface area (Å²) in [5, 5.41) is 8.86. The molecule has 0 bridgehead atoms. The van der Waals surface area contributed by atoms with E-state index in [1.54, 1.807) is 6.07 Å². The lowest BCUT2D eigenvalue weighted by molar-refractivity contribution is 0.0690. The van der Waals surface area contributed by atoms with Gasteiger partial charge in [0.25, 0.3) is 0 Å². The summed E-state index contributed by atoms with van der Waals surface area (Å²) in [6, 6.07) is 1.73. The van der Waals surface area contributed by atoms with Crippen LogP contribution in [0.4, 0.5) is 0 Å². The van der Waals surface area contributed by atoms with Gasteiger partial charge in [-0.15, -0.1) is 0 Å². The molecule has 0 unspecified atom stereocenters. The Labute approximate surface area is 82.4 Å². The van der Waals surface area contributed by atoms with Crippen LogP contribution in [-0.4, -0.2) is 16.1 Å². The van der Waals surface area contributed by atoms with Crippen LogP contribution in [0.3, 0.4) is 0 Å². The molecular weight excluding hydrogens is 178 g/mol. The van der Waals surface area contributed by atoms with Gasteiger partial charge in [0.1, 0.15) is 0 Å². The number of carboxylic acid groups (broad SMARTS) is 1. The zero-order valence-electron chi connectivity index (χ0n) is 7.95. The molecule has 3 heteroatoms. The fraction of sp³-hybridized carbons (Fsp3) is 0.0909. The minimum atomic E-state index is -1.05. The van der Waals surface area contributed by atoms with Gasteiger partial charge in [-0.2, -0.15) is 0 Å². The summed E-state index contributed by atoms with van der Waals surface area (Å²) < 4.78 is 0. The number of rotatable bonds is 3. The second-order valence-electron chi connectivity index (χ2n) is 2.91. The smallest absolute Gasteiger partial charge is 0.355 e. The first kappa shape index (κ1) is 10.2. The van der Waals surface area contributed by atoms with Crippen molar-refractivity contribution in [1.29, 1.82) is 0 Å². The van der Waals surface area contributed by atoms with Crippen molar-refractivity contribution in [2.24, 2.45) is 0 Å². The van der Waals surface area contributed by atoms with Gasteiger partial charge in [0, 0.05) is 11.8 Å². The third kappa shape index (κ3) is 1.71. The molecule has 1 N–H and O–H groups in total. The monoisotopic (exact) mass is 189 g/mol. The maximum absolute atomic E-state index is 10.8. The average molecular weight is 189 g/mol. The molecule has 0 aliphatic carbocycles. The third-order valence-corrected chi connectivity index (χ3v) is 1.86. The number of carbonyl (C=O) groups is 1. The molecule has 0 aliphatic heterocycles. The number of aromatic nitrogens is 1. The molecule has 0 saturated heterocycles. The molecule has 0 atom stereocenters. The van der Waals surface area contributed by atoms with Crippen molar-refractivity contribution in [3.05, 3.63) is 42.2 Å². The van der Waals surface area contributed by atoms with E-state index in [4.69, 9.17) is 5.11 Å². The Morgan fingerprint density at radius 3 is 2.71 bits per heavy atom. The molecule has 0 aliphatic rings. The van der Waals surface area contributed by atoms with Crippen molar-refractivity contribution >= 4 is 17.6 Å². The van der Waals surface area contributed by atoms with E-state index in [0.29, 0.717) is 5.56 Å². The van der Waals surface area contributed by atoms with E-state index in [1.807, 2.05) is 6.92 Å². The van der Waals surface area contributed by atoms with Gasteiger partial charge in [-0.3, -0.25) is 0 Å². The van der Waals surface area contributed by atoms with E-state index >= 15 is 0 Å². The van der Waals surface area contributed by atoms with Gasteiger partial charge in [-0.05, 0) is 18.6 Å². The van der Waals surface area contributed by atoms with E-state index < -0.39 is 5.97 Å². The van der Waals surface area contributed by atoms with Gasteiger partial charge < -0.3 is 5.11 Å². The molecule has 72 valence electrons. The first-order chi connectivity index (χ1) is 6.57. The van der Waals surface area contributed by atoms with Crippen molar-refractivity contribution < 1.29 is 9.90 Å². The number of aromatic carboxylic acids is 1. The van der Waals surface area contributed by atoms with E-state index in [0.717, 1.165) is 11.1 Å². The highest BCUT2D eigenvalue weighted by Crippen LogP contribution is 2.20. The van der Waals surface area contributed by atoms with Crippen molar-refractivity contribution in [3.63, 3.8) is 0 Å². The van der Waals surface area contributed by atoms with Crippen LogP contribution in [-0.2, 0) is 0 Å². The van der Waals surface area contributed by atoms with E-state index in [2.05, 4.69) is 18.1 Å². The van der Waals surface area contributed by atoms with E-state index in [1.165, 1.54) is 12.3 Å². The molecule has 1 aromatic rings. The summed E-state index contributed by atoms with van der Waals surface area (Å²) in [5.74, 6) is -1.05. The maximum Gasteiger partial charge on any atom is 0.355 e. The van der Waals surface area contributed by atoms with Crippen LogP contribution in [0.2, 0.25) is 0 Å². The molecule has 3 nitrogen and oxygen atoms in total. The molecule has 0 fully saturated rings. The Balaban J connectivity index is 3.47. The number of allylic oxidation sites excluding steroid dienone is 1. The van der Waals surface area contributed by atoms with Gasteiger partial charge in [-0.1, -0.05) is 24.8 Å². The molecular formula is C11H11NO2. The Kier molecular flexibility index (Phi) is 2.82. The van der Waals surface area contributed by atoms with Gasteiger partial charge in [0.15, 0.2) is 5.69 Å². The van der Waals surface area contributed by atoms with Crippen LogP contribution < -0.4 is 0 Å². The highest BCUT2D eigenvalue weighted by molar-refractivity contribution is 5.92. The summed E-state index contributed by atoms with van der Waals surface area (Å²) in [7, 11) is 0. The molecule has 1 heterocycles. The number of nitrogens with zero attached hydrogens (tertiary/aromatic N) is 1. The summed E-state index contributed by atoms with van der Waals surface area (Å²) >= 11 is 0. The SMILES string of the molecule is C=Cc1c(C(=C)C)ccnc1C(=O)O. The van der Waals surface area contributed by atoms with Crippen molar-refractivity contribution in [1.82, 2.24) is 4.98 Å². The molecule has 1 aromatic heterocycles. The minimum absolute atomic E-state index is 0.0144. The molecule has 0 saturated carbocycles.